The Morgan fingerprint density at radius 2 is 2.00 bits per heavy atom. The number of aliphatic hydroxyl groups excluding tert-OH is 1. The van der Waals surface area contributed by atoms with Gasteiger partial charge in [0.15, 0.2) is 0 Å². The average molecular weight is 302 g/mol. The number of nitrogen functional groups attached to an aromatic ring is 1. The highest BCUT2D eigenvalue weighted by atomic mass is 32.2. The topological polar surface area (TPSA) is 92.9 Å². The first kappa shape index (κ1) is 16.7. The van der Waals surface area contributed by atoms with Gasteiger partial charge in [0.05, 0.1) is 12.8 Å². The summed E-state index contributed by atoms with van der Waals surface area (Å²) in [5.41, 5.74) is 5.95. The van der Waals surface area contributed by atoms with E-state index in [1.54, 1.807) is 6.07 Å². The van der Waals surface area contributed by atoms with Gasteiger partial charge in [0, 0.05) is 26.3 Å². The highest BCUT2D eigenvalue weighted by Gasteiger charge is 2.23. The van der Waals surface area contributed by atoms with Crippen molar-refractivity contribution in [1.29, 1.82) is 0 Å². The molecule has 0 bridgehead atoms. The Morgan fingerprint density at radius 1 is 1.30 bits per heavy atom. The second-order valence-electron chi connectivity index (χ2n) is 4.51. The molecule has 0 aliphatic carbocycles. The van der Waals surface area contributed by atoms with Crippen molar-refractivity contribution in [1.82, 2.24) is 4.31 Å². The van der Waals surface area contributed by atoms with E-state index in [-0.39, 0.29) is 17.2 Å². The Bertz CT molecular complexity index is 531. The molecule has 3 N–H and O–H groups in total. The molecule has 0 saturated heterocycles. The van der Waals surface area contributed by atoms with Crippen LogP contribution in [0.15, 0.2) is 23.1 Å². The molecule has 0 amide bonds. The predicted octanol–water partition coefficient (Wildman–Crippen LogP) is 1.06. The second kappa shape index (κ2) is 7.47. The zero-order valence-corrected chi connectivity index (χ0v) is 12.7. The highest BCUT2D eigenvalue weighted by molar-refractivity contribution is 7.89. The van der Waals surface area contributed by atoms with Gasteiger partial charge in [-0.05, 0) is 31.4 Å². The monoisotopic (exact) mass is 302 g/mol. The van der Waals surface area contributed by atoms with Gasteiger partial charge in [0.2, 0.25) is 10.0 Å². The summed E-state index contributed by atoms with van der Waals surface area (Å²) in [5, 5.41) is 8.69. The molecule has 0 aliphatic rings. The third-order valence-electron chi connectivity index (χ3n) is 3.04. The van der Waals surface area contributed by atoms with Crippen LogP contribution in [0.3, 0.4) is 0 Å². The van der Waals surface area contributed by atoms with Gasteiger partial charge in [-0.1, -0.05) is 0 Å². The first-order valence-electron chi connectivity index (χ1n) is 6.44. The maximum atomic E-state index is 12.4. The minimum Gasteiger partial charge on any atom is -0.497 e. The molecule has 0 atom stereocenters. The molecular formula is C13H22N2O4S. The number of nitrogens with two attached hydrogens (primary N) is 1. The molecule has 7 heteroatoms. The smallest absolute Gasteiger partial charge is 0.244 e. The van der Waals surface area contributed by atoms with Crippen molar-refractivity contribution in [2.45, 2.75) is 24.2 Å². The van der Waals surface area contributed by atoms with E-state index in [1.807, 2.05) is 0 Å². The molecule has 0 unspecified atom stereocenters. The number of nitrogens with zero attached hydrogens (tertiary/aromatic N) is 1. The number of benzene rings is 1. The summed E-state index contributed by atoms with van der Waals surface area (Å²) in [5.74, 6) is 0.520. The molecule has 1 rings (SSSR count). The molecule has 0 saturated carbocycles. The van der Waals surface area contributed by atoms with Gasteiger partial charge in [-0.3, -0.25) is 0 Å². The van der Waals surface area contributed by atoms with Crippen LogP contribution in [0.4, 0.5) is 5.69 Å². The van der Waals surface area contributed by atoms with Crippen LogP contribution in [-0.4, -0.2) is 45.1 Å². The highest BCUT2D eigenvalue weighted by Crippen LogP contribution is 2.26. The van der Waals surface area contributed by atoms with Crippen LogP contribution in [0.25, 0.3) is 0 Å². The Morgan fingerprint density at radius 3 is 2.55 bits per heavy atom. The molecule has 114 valence electrons. The van der Waals surface area contributed by atoms with Gasteiger partial charge in [-0.2, -0.15) is 0 Å². The van der Waals surface area contributed by atoms with E-state index in [0.717, 1.165) is 6.42 Å². The predicted molar refractivity (Wildman–Crippen MR) is 78.2 cm³/mol. The fourth-order valence-corrected chi connectivity index (χ4v) is 3.10. The molecule has 0 fully saturated rings. The molecule has 0 radical (unpaired) electrons. The number of methoxy groups -OCH3 is 1. The van der Waals surface area contributed by atoms with Crippen LogP contribution in [0, 0.1) is 0 Å². The number of hydrogen-bond donors (Lipinski definition) is 2. The fraction of sp³-hybridized carbons (Fsp3) is 0.538. The lowest BCUT2D eigenvalue weighted by atomic mass is 10.2. The van der Waals surface area contributed by atoms with Crippen molar-refractivity contribution >= 4 is 15.7 Å². The summed E-state index contributed by atoms with van der Waals surface area (Å²) in [6.07, 6.45) is 2.17. The van der Waals surface area contributed by atoms with Crippen molar-refractivity contribution in [3.63, 3.8) is 0 Å². The van der Waals surface area contributed by atoms with E-state index in [0.29, 0.717) is 25.1 Å². The number of sulfonamides is 1. The fourth-order valence-electron chi connectivity index (χ4n) is 1.80. The number of anilines is 1. The Balaban J connectivity index is 2.82. The quantitative estimate of drug-likeness (QED) is 0.553. The lowest BCUT2D eigenvalue weighted by Crippen LogP contribution is -2.28. The molecule has 6 nitrogen and oxygen atoms in total. The molecule has 0 spiro atoms. The molecule has 0 heterocycles. The van der Waals surface area contributed by atoms with Crippen LogP contribution < -0.4 is 10.5 Å². The Hall–Kier alpha value is -1.31. The third-order valence-corrected chi connectivity index (χ3v) is 4.97. The van der Waals surface area contributed by atoms with Crippen molar-refractivity contribution in [2.24, 2.45) is 0 Å². The minimum atomic E-state index is -3.59. The summed E-state index contributed by atoms with van der Waals surface area (Å²) >= 11 is 0. The Kier molecular flexibility index (Phi) is 6.25. The van der Waals surface area contributed by atoms with Crippen molar-refractivity contribution < 1.29 is 18.3 Å². The zero-order valence-electron chi connectivity index (χ0n) is 11.9. The van der Waals surface area contributed by atoms with Crippen LogP contribution in [-0.2, 0) is 10.0 Å². The number of rotatable bonds is 8. The van der Waals surface area contributed by atoms with Crippen molar-refractivity contribution in [3.8, 4) is 5.75 Å². The van der Waals surface area contributed by atoms with Gasteiger partial charge in [0.1, 0.15) is 10.6 Å². The van der Waals surface area contributed by atoms with Crippen LogP contribution in [0.2, 0.25) is 0 Å². The van der Waals surface area contributed by atoms with Crippen LogP contribution in [0.5, 0.6) is 5.75 Å². The third kappa shape index (κ3) is 4.09. The maximum Gasteiger partial charge on any atom is 0.244 e. The van der Waals surface area contributed by atoms with Gasteiger partial charge in [0.25, 0.3) is 0 Å². The number of ether oxygens (including phenoxy) is 1. The first-order chi connectivity index (χ1) is 9.43. The van der Waals surface area contributed by atoms with Gasteiger partial charge < -0.3 is 15.6 Å². The van der Waals surface area contributed by atoms with E-state index in [1.165, 1.54) is 30.6 Å². The largest absolute Gasteiger partial charge is 0.497 e. The molecule has 0 aromatic heterocycles. The summed E-state index contributed by atoms with van der Waals surface area (Å²) in [7, 11) is -0.570. The van der Waals surface area contributed by atoms with Gasteiger partial charge in [-0.15, -0.1) is 0 Å². The summed E-state index contributed by atoms with van der Waals surface area (Å²) in [6.45, 7) is 0.524. The van der Waals surface area contributed by atoms with E-state index in [9.17, 15) is 8.42 Å². The van der Waals surface area contributed by atoms with Crippen LogP contribution in [0.1, 0.15) is 19.3 Å². The molecule has 0 aliphatic heterocycles. The SMILES string of the molecule is COc1ccc(S(=O)(=O)N(C)CCCCCO)c(N)c1. The van der Waals surface area contributed by atoms with Crippen molar-refractivity contribution in [3.05, 3.63) is 18.2 Å². The normalized spacial score (nSPS) is 11.8. The van der Waals surface area contributed by atoms with E-state index in [2.05, 4.69) is 0 Å². The van der Waals surface area contributed by atoms with Crippen LogP contribution >= 0.6 is 0 Å². The standard InChI is InChI=1S/C13H22N2O4S/c1-15(8-4-3-5-9-16)20(17,18)13-7-6-11(19-2)10-12(13)14/h6-7,10,16H,3-5,8-9,14H2,1-2H3. The minimum absolute atomic E-state index is 0.0861. The van der Waals surface area contributed by atoms with Gasteiger partial charge in [-0.25, -0.2) is 12.7 Å². The lowest BCUT2D eigenvalue weighted by molar-refractivity contribution is 0.281. The number of aliphatic hydroxyl groups is 1. The lowest BCUT2D eigenvalue weighted by Gasteiger charge is -2.18. The first-order valence-corrected chi connectivity index (χ1v) is 7.88. The van der Waals surface area contributed by atoms with E-state index < -0.39 is 10.0 Å². The zero-order chi connectivity index (χ0) is 15.2. The second-order valence-corrected chi connectivity index (χ2v) is 6.53. The summed E-state index contributed by atoms with van der Waals surface area (Å²) in [6, 6.07) is 4.52. The average Bonchev–Trinajstić information content (AvgIpc) is 2.42. The van der Waals surface area contributed by atoms with E-state index >= 15 is 0 Å². The summed E-state index contributed by atoms with van der Waals surface area (Å²) in [4.78, 5) is 0.0861. The maximum absolute atomic E-state index is 12.4. The number of hydrogen-bond acceptors (Lipinski definition) is 5. The van der Waals surface area contributed by atoms with Gasteiger partial charge >= 0.3 is 0 Å². The molecule has 1 aromatic carbocycles. The summed E-state index contributed by atoms with van der Waals surface area (Å²) < 4.78 is 31.0. The molecule has 1 aromatic rings. The van der Waals surface area contributed by atoms with E-state index in [4.69, 9.17) is 15.6 Å². The molecule has 20 heavy (non-hydrogen) atoms. The van der Waals surface area contributed by atoms with Crippen molar-refractivity contribution in [2.75, 3.05) is 33.0 Å². The molecular weight excluding hydrogens is 280 g/mol. The Labute approximate surface area is 120 Å². The number of unbranched alkanes of at least 4 members (excludes halogenated alkanes) is 2.